The number of ether oxygens (including phenoxy) is 1. The minimum Gasteiger partial charge on any atom is -0.476 e. The van der Waals surface area contributed by atoms with Crippen LogP contribution in [0.1, 0.15) is 41.6 Å². The van der Waals surface area contributed by atoms with Crippen LogP contribution in [0, 0.1) is 0 Å². The zero-order chi connectivity index (χ0) is 18.5. The van der Waals surface area contributed by atoms with Gasteiger partial charge in [0.1, 0.15) is 18.1 Å². The molecule has 0 unspecified atom stereocenters. The monoisotopic (exact) mass is 381 g/mol. The van der Waals surface area contributed by atoms with Crippen molar-refractivity contribution < 1.29 is 9.15 Å². The van der Waals surface area contributed by atoms with Crippen molar-refractivity contribution in [2.24, 2.45) is 0 Å². The molecule has 1 aromatic heterocycles. The lowest BCUT2D eigenvalue weighted by molar-refractivity contribution is 0.0621. The molecular weight excluding hydrogens is 362 g/mol. The number of nitrogens with zero attached hydrogens (tertiary/aromatic N) is 1. The summed E-state index contributed by atoms with van der Waals surface area (Å²) in [7, 11) is 0. The largest absolute Gasteiger partial charge is 0.476 e. The van der Waals surface area contributed by atoms with Crippen LogP contribution in [-0.4, -0.2) is 11.6 Å². The summed E-state index contributed by atoms with van der Waals surface area (Å²) in [5.74, 6) is 0.641. The second-order valence-electron chi connectivity index (χ2n) is 7.35. The molecule has 3 aromatic rings. The lowest BCUT2D eigenvalue weighted by Gasteiger charge is -2.34. The van der Waals surface area contributed by atoms with Crippen LogP contribution < -0.4 is 10.4 Å². The fourth-order valence-electron chi connectivity index (χ4n) is 4.32. The van der Waals surface area contributed by atoms with E-state index in [9.17, 15) is 4.79 Å². The van der Waals surface area contributed by atoms with Gasteiger partial charge in [0.25, 0.3) is 0 Å². The smallest absolute Gasteiger partial charge is 0.339 e. The minimum atomic E-state index is -0.215. The molecule has 0 saturated carbocycles. The second-order valence-corrected chi connectivity index (χ2v) is 7.76. The number of rotatable bonds is 2. The van der Waals surface area contributed by atoms with E-state index >= 15 is 0 Å². The normalized spacial score (nSPS) is 17.4. The Morgan fingerprint density at radius 2 is 1.89 bits per heavy atom. The molecule has 138 valence electrons. The van der Waals surface area contributed by atoms with Gasteiger partial charge in [0.2, 0.25) is 0 Å². The molecule has 0 fully saturated rings. The van der Waals surface area contributed by atoms with Gasteiger partial charge in [0.15, 0.2) is 0 Å². The Hall–Kier alpha value is -2.30. The maximum Gasteiger partial charge on any atom is 0.339 e. The van der Waals surface area contributed by atoms with Crippen LogP contribution >= 0.6 is 11.6 Å². The Balaban J connectivity index is 1.63. The summed E-state index contributed by atoms with van der Waals surface area (Å²) in [6.07, 6.45) is 2.68. The van der Waals surface area contributed by atoms with Gasteiger partial charge in [-0.3, -0.25) is 4.90 Å². The number of hydrogen-bond acceptors (Lipinski definition) is 4. The summed E-state index contributed by atoms with van der Waals surface area (Å²) in [5, 5.41) is 1.55. The van der Waals surface area contributed by atoms with E-state index in [-0.39, 0.29) is 11.7 Å². The number of aryl methyl sites for hydroxylation is 1. The highest BCUT2D eigenvalue weighted by Gasteiger charge is 2.30. The average molecular weight is 382 g/mol. The fraction of sp³-hybridized carbons (Fsp3) is 0.318. The zero-order valence-corrected chi connectivity index (χ0v) is 15.9. The van der Waals surface area contributed by atoms with Gasteiger partial charge in [0, 0.05) is 23.5 Å². The van der Waals surface area contributed by atoms with Gasteiger partial charge in [-0.15, -0.1) is 0 Å². The first kappa shape index (κ1) is 16.8. The standard InChI is InChI=1S/C22H20ClNO3/c1-13(14-6-3-2-4-7-14)24-11-18-20-17(10-19(23)21(18)26-12-24)15-8-5-9-16(15)22(25)27-20/h2-4,6-7,10,13H,5,8-9,11-12H2,1H3/t13-/m0/s1. The van der Waals surface area contributed by atoms with Gasteiger partial charge in [-0.2, -0.15) is 0 Å². The molecule has 0 spiro atoms. The van der Waals surface area contributed by atoms with Crippen LogP contribution in [0.5, 0.6) is 5.75 Å². The Bertz CT molecular complexity index is 1090. The van der Waals surface area contributed by atoms with E-state index in [0.29, 0.717) is 29.6 Å². The van der Waals surface area contributed by atoms with Gasteiger partial charge < -0.3 is 9.15 Å². The molecular formula is C22H20ClNO3. The lowest BCUT2D eigenvalue weighted by atomic mass is 10.0. The summed E-state index contributed by atoms with van der Waals surface area (Å²) in [4.78, 5) is 14.7. The van der Waals surface area contributed by atoms with E-state index in [4.69, 9.17) is 20.8 Å². The third kappa shape index (κ3) is 2.67. The molecule has 0 radical (unpaired) electrons. The molecule has 0 N–H and O–H groups in total. The van der Waals surface area contributed by atoms with Crippen LogP contribution in [0.4, 0.5) is 0 Å². The van der Waals surface area contributed by atoms with Crippen molar-refractivity contribution in [3.8, 4) is 5.75 Å². The molecule has 0 bridgehead atoms. The first-order chi connectivity index (χ1) is 13.1. The highest BCUT2D eigenvalue weighted by molar-refractivity contribution is 6.33. The third-order valence-corrected chi connectivity index (χ3v) is 6.11. The van der Waals surface area contributed by atoms with E-state index in [2.05, 4.69) is 24.0 Å². The SMILES string of the molecule is C[C@@H](c1ccccc1)N1COc2c(Cl)cc3c4c(c(=O)oc3c2C1)CCC4. The van der Waals surface area contributed by atoms with Crippen LogP contribution in [-0.2, 0) is 19.4 Å². The molecule has 5 rings (SSSR count). The van der Waals surface area contributed by atoms with Gasteiger partial charge in [-0.25, -0.2) is 4.79 Å². The molecule has 0 saturated heterocycles. The van der Waals surface area contributed by atoms with E-state index in [1.165, 1.54) is 5.56 Å². The number of hydrogen-bond donors (Lipinski definition) is 0. The van der Waals surface area contributed by atoms with Gasteiger partial charge in [0.05, 0.1) is 10.6 Å². The molecule has 2 aliphatic rings. The Morgan fingerprint density at radius 3 is 2.70 bits per heavy atom. The van der Waals surface area contributed by atoms with Crippen LogP contribution in [0.15, 0.2) is 45.6 Å². The average Bonchev–Trinajstić information content (AvgIpc) is 3.20. The highest BCUT2D eigenvalue weighted by Crippen LogP contribution is 2.42. The van der Waals surface area contributed by atoms with Crippen molar-refractivity contribution >= 4 is 22.6 Å². The number of halogens is 1. The zero-order valence-electron chi connectivity index (χ0n) is 15.1. The molecule has 1 aliphatic carbocycles. The van der Waals surface area contributed by atoms with Crippen molar-refractivity contribution in [2.75, 3.05) is 6.73 Å². The van der Waals surface area contributed by atoms with Crippen LogP contribution in [0.2, 0.25) is 5.02 Å². The Morgan fingerprint density at radius 1 is 1.11 bits per heavy atom. The topological polar surface area (TPSA) is 42.7 Å². The summed E-state index contributed by atoms with van der Waals surface area (Å²) in [5.41, 5.74) is 4.42. The molecule has 4 nitrogen and oxygen atoms in total. The van der Waals surface area contributed by atoms with Gasteiger partial charge in [-0.1, -0.05) is 41.9 Å². The van der Waals surface area contributed by atoms with Crippen molar-refractivity contribution in [3.63, 3.8) is 0 Å². The van der Waals surface area contributed by atoms with Gasteiger partial charge >= 0.3 is 5.63 Å². The van der Waals surface area contributed by atoms with Crippen molar-refractivity contribution in [2.45, 2.75) is 38.8 Å². The number of benzene rings is 2. The fourth-order valence-corrected chi connectivity index (χ4v) is 4.59. The molecule has 2 aromatic carbocycles. The van der Waals surface area contributed by atoms with E-state index < -0.39 is 0 Å². The first-order valence-corrected chi connectivity index (χ1v) is 9.73. The predicted octanol–water partition coefficient (Wildman–Crippen LogP) is 4.85. The number of fused-ring (bicyclic) bond motifs is 5. The van der Waals surface area contributed by atoms with Crippen molar-refractivity contribution in [1.29, 1.82) is 0 Å². The minimum absolute atomic E-state index is 0.175. The summed E-state index contributed by atoms with van der Waals surface area (Å²) in [6, 6.07) is 12.4. The predicted molar refractivity (Wildman–Crippen MR) is 105 cm³/mol. The molecule has 1 atom stereocenters. The van der Waals surface area contributed by atoms with Crippen molar-refractivity contribution in [3.05, 3.63) is 74.1 Å². The maximum atomic E-state index is 12.5. The maximum absolute atomic E-state index is 12.5. The summed E-state index contributed by atoms with van der Waals surface area (Å²) < 4.78 is 11.8. The van der Waals surface area contributed by atoms with E-state index in [1.54, 1.807) is 0 Å². The lowest BCUT2D eigenvalue weighted by Crippen LogP contribution is -2.34. The summed E-state index contributed by atoms with van der Waals surface area (Å²) >= 11 is 6.54. The Labute approximate surface area is 162 Å². The Kier molecular flexibility index (Phi) is 3.99. The van der Waals surface area contributed by atoms with Crippen LogP contribution in [0.3, 0.4) is 0 Å². The molecule has 5 heteroatoms. The summed E-state index contributed by atoms with van der Waals surface area (Å²) in [6.45, 7) is 3.23. The molecule has 1 aliphatic heterocycles. The third-order valence-electron chi connectivity index (χ3n) is 5.83. The van der Waals surface area contributed by atoms with Crippen LogP contribution in [0.25, 0.3) is 11.0 Å². The first-order valence-electron chi connectivity index (χ1n) is 9.35. The molecule has 2 heterocycles. The second kappa shape index (κ2) is 6.39. The molecule has 0 amide bonds. The van der Waals surface area contributed by atoms with Gasteiger partial charge in [-0.05, 0) is 43.4 Å². The highest BCUT2D eigenvalue weighted by atomic mass is 35.5. The quantitative estimate of drug-likeness (QED) is 0.595. The molecule has 27 heavy (non-hydrogen) atoms. The van der Waals surface area contributed by atoms with E-state index in [0.717, 1.165) is 41.3 Å². The van der Waals surface area contributed by atoms with Crippen molar-refractivity contribution in [1.82, 2.24) is 4.90 Å². The van der Waals surface area contributed by atoms with E-state index in [1.807, 2.05) is 24.3 Å².